The zero-order chi connectivity index (χ0) is 14.1. The van der Waals surface area contributed by atoms with E-state index in [4.69, 9.17) is 10.5 Å². The first kappa shape index (κ1) is 12.5. The fourth-order valence-electron chi connectivity index (χ4n) is 2.64. The molecule has 102 valence electrons. The van der Waals surface area contributed by atoms with E-state index in [1.165, 1.54) is 5.56 Å². The lowest BCUT2D eigenvalue weighted by Gasteiger charge is -2.13. The molecule has 4 heteroatoms. The Morgan fingerprint density at radius 2 is 1.90 bits per heavy atom. The third kappa shape index (κ3) is 1.90. The summed E-state index contributed by atoms with van der Waals surface area (Å²) in [6, 6.07) is 12.1. The fourth-order valence-corrected chi connectivity index (χ4v) is 2.64. The predicted octanol–water partition coefficient (Wildman–Crippen LogP) is 3.38. The smallest absolute Gasteiger partial charge is 0.198 e. The number of para-hydroxylation sites is 1. The minimum absolute atomic E-state index is 0.438. The third-order valence-electron chi connectivity index (χ3n) is 3.53. The molecule has 3 rings (SSSR count). The van der Waals surface area contributed by atoms with Crippen molar-refractivity contribution in [3.8, 4) is 16.9 Å². The van der Waals surface area contributed by atoms with E-state index in [9.17, 15) is 0 Å². The van der Waals surface area contributed by atoms with Crippen LogP contribution < -0.4 is 10.5 Å². The SMILES string of the molecule is CCc1c(OC)cccc1-c1cccc2[nH]c(N)nc12. The van der Waals surface area contributed by atoms with Crippen molar-refractivity contribution in [1.82, 2.24) is 9.97 Å². The summed E-state index contributed by atoms with van der Waals surface area (Å²) in [4.78, 5) is 7.47. The summed E-state index contributed by atoms with van der Waals surface area (Å²) in [6.45, 7) is 2.13. The molecule has 0 radical (unpaired) electrons. The predicted molar refractivity (Wildman–Crippen MR) is 81.9 cm³/mol. The van der Waals surface area contributed by atoms with Gasteiger partial charge in [0.2, 0.25) is 0 Å². The van der Waals surface area contributed by atoms with Crippen LogP contribution in [0.15, 0.2) is 36.4 Å². The molecule has 1 aromatic heterocycles. The number of rotatable bonds is 3. The molecule has 0 saturated carbocycles. The molecule has 0 spiro atoms. The van der Waals surface area contributed by atoms with E-state index in [-0.39, 0.29) is 0 Å². The summed E-state index contributed by atoms with van der Waals surface area (Å²) in [5.74, 6) is 1.35. The number of fused-ring (bicyclic) bond motifs is 1. The van der Waals surface area contributed by atoms with Crippen molar-refractivity contribution in [2.75, 3.05) is 12.8 Å². The summed E-state index contributed by atoms with van der Waals surface area (Å²) in [5, 5.41) is 0. The van der Waals surface area contributed by atoms with Gasteiger partial charge in [0.25, 0.3) is 0 Å². The van der Waals surface area contributed by atoms with Crippen LogP contribution in [-0.2, 0) is 6.42 Å². The molecule has 3 N–H and O–H groups in total. The van der Waals surface area contributed by atoms with Crippen molar-refractivity contribution in [2.45, 2.75) is 13.3 Å². The molecule has 0 amide bonds. The molecule has 3 aromatic rings. The minimum atomic E-state index is 0.438. The second kappa shape index (κ2) is 4.89. The maximum absolute atomic E-state index is 5.77. The Kier molecular flexibility index (Phi) is 3.06. The molecule has 4 nitrogen and oxygen atoms in total. The topological polar surface area (TPSA) is 63.9 Å². The Morgan fingerprint density at radius 3 is 2.65 bits per heavy atom. The first-order valence-corrected chi connectivity index (χ1v) is 6.65. The highest BCUT2D eigenvalue weighted by Gasteiger charge is 2.13. The second-order valence-corrected chi connectivity index (χ2v) is 4.66. The quantitative estimate of drug-likeness (QED) is 0.764. The molecule has 0 aliphatic rings. The maximum Gasteiger partial charge on any atom is 0.198 e. The third-order valence-corrected chi connectivity index (χ3v) is 3.53. The summed E-state index contributed by atoms with van der Waals surface area (Å²) in [7, 11) is 1.70. The molecule has 0 saturated heterocycles. The van der Waals surface area contributed by atoms with E-state index in [0.29, 0.717) is 5.95 Å². The molecule has 1 heterocycles. The van der Waals surface area contributed by atoms with E-state index in [0.717, 1.165) is 34.3 Å². The van der Waals surface area contributed by atoms with Gasteiger partial charge in [0.1, 0.15) is 5.75 Å². The zero-order valence-corrected chi connectivity index (χ0v) is 11.6. The Balaban J connectivity index is 2.30. The number of benzene rings is 2. The normalized spacial score (nSPS) is 10.9. The number of ether oxygens (including phenoxy) is 1. The van der Waals surface area contributed by atoms with Crippen LogP contribution in [0.25, 0.3) is 22.2 Å². The summed E-state index contributed by atoms with van der Waals surface area (Å²) in [6.07, 6.45) is 0.898. The van der Waals surface area contributed by atoms with Gasteiger partial charge in [-0.15, -0.1) is 0 Å². The lowest BCUT2D eigenvalue weighted by molar-refractivity contribution is 0.410. The highest BCUT2D eigenvalue weighted by Crippen LogP contribution is 2.34. The van der Waals surface area contributed by atoms with Crippen LogP contribution in [0.1, 0.15) is 12.5 Å². The summed E-state index contributed by atoms with van der Waals surface area (Å²) in [5.41, 5.74) is 11.0. The number of methoxy groups -OCH3 is 1. The van der Waals surface area contributed by atoms with Crippen LogP contribution in [0.4, 0.5) is 5.95 Å². The molecular weight excluding hydrogens is 250 g/mol. The average molecular weight is 267 g/mol. The monoisotopic (exact) mass is 267 g/mol. The van der Waals surface area contributed by atoms with Gasteiger partial charge in [-0.1, -0.05) is 31.2 Å². The van der Waals surface area contributed by atoms with Crippen LogP contribution in [0.5, 0.6) is 5.75 Å². The lowest BCUT2D eigenvalue weighted by atomic mass is 9.96. The number of aromatic amines is 1. The Hall–Kier alpha value is -2.49. The fraction of sp³-hybridized carbons (Fsp3) is 0.188. The molecular formula is C16H17N3O. The maximum atomic E-state index is 5.77. The number of nitrogens with zero attached hydrogens (tertiary/aromatic N) is 1. The standard InChI is InChI=1S/C16H17N3O/c1-3-10-11(6-5-9-14(10)20-2)12-7-4-8-13-15(12)19-16(17)18-13/h4-9H,3H2,1-2H3,(H3,17,18,19). The van der Waals surface area contributed by atoms with Crippen LogP contribution in [-0.4, -0.2) is 17.1 Å². The number of nitrogens with one attached hydrogen (secondary N) is 1. The molecule has 2 aromatic carbocycles. The van der Waals surface area contributed by atoms with E-state index in [1.54, 1.807) is 7.11 Å². The van der Waals surface area contributed by atoms with Gasteiger partial charge in [-0.2, -0.15) is 0 Å². The summed E-state index contributed by atoms with van der Waals surface area (Å²) < 4.78 is 5.46. The van der Waals surface area contributed by atoms with Crippen molar-refractivity contribution in [3.63, 3.8) is 0 Å². The highest BCUT2D eigenvalue weighted by atomic mass is 16.5. The minimum Gasteiger partial charge on any atom is -0.496 e. The average Bonchev–Trinajstić information content (AvgIpc) is 2.86. The molecule has 0 aliphatic carbocycles. The number of anilines is 1. The van der Waals surface area contributed by atoms with Crippen molar-refractivity contribution in [3.05, 3.63) is 42.0 Å². The van der Waals surface area contributed by atoms with Gasteiger partial charge in [-0.25, -0.2) is 4.98 Å². The first-order chi connectivity index (χ1) is 9.74. The van der Waals surface area contributed by atoms with Crippen LogP contribution >= 0.6 is 0 Å². The molecule has 0 bridgehead atoms. The number of H-pyrrole nitrogens is 1. The van der Waals surface area contributed by atoms with Crippen LogP contribution in [0.2, 0.25) is 0 Å². The largest absolute Gasteiger partial charge is 0.496 e. The molecule has 0 fully saturated rings. The van der Waals surface area contributed by atoms with Crippen molar-refractivity contribution >= 4 is 17.0 Å². The van der Waals surface area contributed by atoms with Gasteiger partial charge >= 0.3 is 0 Å². The molecule has 20 heavy (non-hydrogen) atoms. The number of imidazole rings is 1. The zero-order valence-electron chi connectivity index (χ0n) is 11.6. The first-order valence-electron chi connectivity index (χ1n) is 6.65. The molecule has 0 unspecified atom stereocenters. The van der Waals surface area contributed by atoms with Crippen molar-refractivity contribution in [2.24, 2.45) is 0 Å². The second-order valence-electron chi connectivity index (χ2n) is 4.66. The van der Waals surface area contributed by atoms with E-state index < -0.39 is 0 Å². The number of nitrogens with two attached hydrogens (primary N) is 1. The van der Waals surface area contributed by atoms with E-state index in [2.05, 4.69) is 29.0 Å². The Morgan fingerprint density at radius 1 is 1.15 bits per heavy atom. The molecule has 0 aliphatic heterocycles. The number of nitrogen functional groups attached to an aromatic ring is 1. The van der Waals surface area contributed by atoms with Crippen molar-refractivity contribution in [1.29, 1.82) is 0 Å². The van der Waals surface area contributed by atoms with E-state index >= 15 is 0 Å². The van der Waals surface area contributed by atoms with Gasteiger partial charge in [-0.05, 0) is 24.1 Å². The highest BCUT2D eigenvalue weighted by molar-refractivity contribution is 5.94. The van der Waals surface area contributed by atoms with Gasteiger partial charge in [0, 0.05) is 11.1 Å². The van der Waals surface area contributed by atoms with Crippen LogP contribution in [0.3, 0.4) is 0 Å². The van der Waals surface area contributed by atoms with Crippen LogP contribution in [0, 0.1) is 0 Å². The Bertz CT molecular complexity index is 762. The van der Waals surface area contributed by atoms with Crippen molar-refractivity contribution < 1.29 is 4.74 Å². The molecule has 0 atom stereocenters. The Labute approximate surface area is 117 Å². The van der Waals surface area contributed by atoms with Gasteiger partial charge in [0.15, 0.2) is 5.95 Å². The summed E-state index contributed by atoms with van der Waals surface area (Å²) >= 11 is 0. The van der Waals surface area contributed by atoms with Gasteiger partial charge < -0.3 is 15.5 Å². The lowest BCUT2D eigenvalue weighted by Crippen LogP contribution is -1.94. The van der Waals surface area contributed by atoms with E-state index in [1.807, 2.05) is 24.3 Å². The number of hydrogen-bond acceptors (Lipinski definition) is 3. The van der Waals surface area contributed by atoms with Gasteiger partial charge in [-0.3, -0.25) is 0 Å². The number of aromatic nitrogens is 2. The van der Waals surface area contributed by atoms with Gasteiger partial charge in [0.05, 0.1) is 18.1 Å². The number of hydrogen-bond donors (Lipinski definition) is 2.